The summed E-state index contributed by atoms with van der Waals surface area (Å²) >= 11 is 0.986. The third-order valence-corrected chi connectivity index (χ3v) is 6.47. The van der Waals surface area contributed by atoms with Crippen molar-refractivity contribution >= 4 is 40.3 Å². The van der Waals surface area contributed by atoms with Gasteiger partial charge in [0.15, 0.2) is 10.8 Å². The Labute approximate surface area is 215 Å². The van der Waals surface area contributed by atoms with Crippen molar-refractivity contribution in [3.8, 4) is 11.8 Å². The van der Waals surface area contributed by atoms with Crippen molar-refractivity contribution < 1.29 is 28.7 Å². The van der Waals surface area contributed by atoms with Crippen molar-refractivity contribution in [3.63, 3.8) is 0 Å². The van der Waals surface area contributed by atoms with Crippen LogP contribution in [0.3, 0.4) is 0 Å². The first-order chi connectivity index (χ1) is 17.9. The smallest absolute Gasteiger partial charge is 0.357 e. The van der Waals surface area contributed by atoms with Crippen molar-refractivity contribution in [3.05, 3.63) is 76.3 Å². The van der Waals surface area contributed by atoms with Gasteiger partial charge in [0.05, 0.1) is 25.9 Å². The van der Waals surface area contributed by atoms with Crippen LogP contribution >= 0.6 is 11.3 Å². The Kier molecular flexibility index (Phi) is 7.45. The largest absolute Gasteiger partial charge is 0.497 e. The minimum atomic E-state index is -1.31. The molecule has 0 aliphatic carbocycles. The number of urea groups is 1. The van der Waals surface area contributed by atoms with Crippen molar-refractivity contribution in [1.82, 2.24) is 15.2 Å². The second-order valence-corrected chi connectivity index (χ2v) is 8.73. The lowest BCUT2D eigenvalue weighted by Gasteiger charge is -2.24. The standard InChI is InChI=1S/C25H21N5O6S/c1-35-17-9-7-14(8-10-17)20-22(32)30(25(34)28-20)19(11-15-5-3-4-6-16(15)12-26)21(31)29-24-27-18(13-37-24)23(33)36-2/h3-10,13,19-20H,11H2,1-2H3,(H,28,34)(H,27,29,31). The summed E-state index contributed by atoms with van der Waals surface area (Å²) in [6.07, 6.45) is -0.112. The number of thiazole rings is 1. The lowest BCUT2D eigenvalue weighted by Crippen LogP contribution is -2.49. The van der Waals surface area contributed by atoms with E-state index in [0.717, 1.165) is 16.2 Å². The number of nitriles is 1. The Bertz CT molecular complexity index is 1400. The number of hydrogen-bond acceptors (Lipinski definition) is 9. The van der Waals surface area contributed by atoms with E-state index in [9.17, 15) is 24.4 Å². The van der Waals surface area contributed by atoms with E-state index in [1.165, 1.54) is 19.6 Å². The molecular weight excluding hydrogens is 498 g/mol. The summed E-state index contributed by atoms with van der Waals surface area (Å²) in [5.41, 5.74) is 1.30. The number of imide groups is 1. The minimum Gasteiger partial charge on any atom is -0.497 e. The van der Waals surface area contributed by atoms with Crippen molar-refractivity contribution in [2.45, 2.75) is 18.5 Å². The monoisotopic (exact) mass is 519 g/mol. The number of nitrogens with one attached hydrogen (secondary N) is 2. The lowest BCUT2D eigenvalue weighted by atomic mass is 9.99. The molecule has 0 spiro atoms. The molecule has 1 fully saturated rings. The van der Waals surface area contributed by atoms with Gasteiger partial charge in [-0.15, -0.1) is 11.3 Å². The van der Waals surface area contributed by atoms with E-state index in [4.69, 9.17) is 4.74 Å². The van der Waals surface area contributed by atoms with Gasteiger partial charge in [-0.1, -0.05) is 30.3 Å². The van der Waals surface area contributed by atoms with Crippen LogP contribution < -0.4 is 15.4 Å². The van der Waals surface area contributed by atoms with Crippen LogP contribution in [0.4, 0.5) is 9.93 Å². The van der Waals surface area contributed by atoms with Crippen LogP contribution in [-0.2, 0) is 20.7 Å². The fraction of sp³-hybridized carbons (Fsp3) is 0.200. The molecule has 0 bridgehead atoms. The summed E-state index contributed by atoms with van der Waals surface area (Å²) in [4.78, 5) is 56.5. The number of nitrogens with zero attached hydrogens (tertiary/aromatic N) is 3. The molecule has 0 radical (unpaired) electrons. The first-order valence-corrected chi connectivity index (χ1v) is 11.8. The highest BCUT2D eigenvalue weighted by molar-refractivity contribution is 7.14. The van der Waals surface area contributed by atoms with E-state index < -0.39 is 35.9 Å². The first kappa shape index (κ1) is 25.3. The average Bonchev–Trinajstić information content (AvgIpc) is 3.50. The molecule has 1 saturated heterocycles. The molecule has 4 rings (SSSR count). The molecule has 2 N–H and O–H groups in total. The number of esters is 1. The maximum atomic E-state index is 13.4. The highest BCUT2D eigenvalue weighted by atomic mass is 32.1. The zero-order valence-corrected chi connectivity index (χ0v) is 20.6. The van der Waals surface area contributed by atoms with Gasteiger partial charge in [0, 0.05) is 11.8 Å². The summed E-state index contributed by atoms with van der Waals surface area (Å²) in [7, 11) is 2.72. The molecule has 12 heteroatoms. The van der Waals surface area contributed by atoms with Gasteiger partial charge in [0.25, 0.3) is 5.91 Å². The predicted octanol–water partition coefficient (Wildman–Crippen LogP) is 2.65. The van der Waals surface area contributed by atoms with Gasteiger partial charge in [-0.3, -0.25) is 9.59 Å². The zero-order chi connectivity index (χ0) is 26.5. The number of aromatic nitrogens is 1. The Morgan fingerprint density at radius 2 is 1.92 bits per heavy atom. The Morgan fingerprint density at radius 1 is 1.19 bits per heavy atom. The molecule has 188 valence electrons. The molecule has 2 heterocycles. The van der Waals surface area contributed by atoms with E-state index in [2.05, 4.69) is 26.4 Å². The molecular formula is C25H21N5O6S. The number of ether oxygens (including phenoxy) is 2. The van der Waals surface area contributed by atoms with E-state index >= 15 is 0 Å². The summed E-state index contributed by atoms with van der Waals surface area (Å²) in [6, 6.07) is 12.2. The molecule has 37 heavy (non-hydrogen) atoms. The number of hydrogen-bond donors (Lipinski definition) is 2. The number of amides is 4. The van der Waals surface area contributed by atoms with Gasteiger partial charge in [0.2, 0.25) is 5.91 Å². The van der Waals surface area contributed by atoms with Crippen molar-refractivity contribution in [2.24, 2.45) is 0 Å². The van der Waals surface area contributed by atoms with Crippen LogP contribution in [-0.4, -0.2) is 54.0 Å². The van der Waals surface area contributed by atoms with Crippen LogP contribution in [0, 0.1) is 11.3 Å². The molecule has 1 aliphatic rings. The van der Waals surface area contributed by atoms with E-state index in [-0.39, 0.29) is 17.2 Å². The van der Waals surface area contributed by atoms with Gasteiger partial charge >= 0.3 is 12.0 Å². The highest BCUT2D eigenvalue weighted by Crippen LogP contribution is 2.28. The zero-order valence-electron chi connectivity index (χ0n) is 19.8. The third-order valence-electron chi connectivity index (χ3n) is 5.71. The van der Waals surface area contributed by atoms with Crippen molar-refractivity contribution in [2.75, 3.05) is 19.5 Å². The van der Waals surface area contributed by atoms with Crippen LogP contribution in [0.15, 0.2) is 53.9 Å². The molecule has 1 aliphatic heterocycles. The number of carbonyl (C=O) groups excluding carboxylic acids is 4. The number of benzene rings is 2. The average molecular weight is 520 g/mol. The van der Waals surface area contributed by atoms with Crippen LogP contribution in [0.1, 0.15) is 33.2 Å². The molecule has 2 unspecified atom stereocenters. The number of anilines is 1. The van der Waals surface area contributed by atoms with E-state index in [0.29, 0.717) is 22.4 Å². The van der Waals surface area contributed by atoms with Crippen molar-refractivity contribution in [1.29, 1.82) is 5.26 Å². The normalized spacial score (nSPS) is 15.5. The van der Waals surface area contributed by atoms with Gasteiger partial charge in [-0.05, 0) is 29.3 Å². The third kappa shape index (κ3) is 5.26. The maximum absolute atomic E-state index is 13.4. The summed E-state index contributed by atoms with van der Waals surface area (Å²) in [5, 5.41) is 16.2. The Balaban J connectivity index is 1.65. The number of rotatable bonds is 8. The van der Waals surface area contributed by atoms with Crippen LogP contribution in [0.5, 0.6) is 5.75 Å². The molecule has 1 aromatic heterocycles. The SMILES string of the molecule is COC(=O)c1csc(NC(=O)C(Cc2ccccc2C#N)N2C(=O)NC(c3ccc(OC)cc3)C2=O)n1. The van der Waals surface area contributed by atoms with Gasteiger partial charge in [-0.25, -0.2) is 19.5 Å². The Morgan fingerprint density at radius 3 is 2.59 bits per heavy atom. The highest BCUT2D eigenvalue weighted by Gasteiger charge is 2.45. The maximum Gasteiger partial charge on any atom is 0.357 e. The van der Waals surface area contributed by atoms with Gasteiger partial charge < -0.3 is 20.1 Å². The fourth-order valence-electron chi connectivity index (χ4n) is 3.85. The molecule has 0 saturated carbocycles. The molecule has 2 atom stereocenters. The van der Waals surface area contributed by atoms with Gasteiger partial charge in [-0.2, -0.15) is 5.26 Å². The quantitative estimate of drug-likeness (QED) is 0.341. The second kappa shape index (κ2) is 10.9. The van der Waals surface area contributed by atoms with E-state index in [1.807, 2.05) is 0 Å². The lowest BCUT2D eigenvalue weighted by molar-refractivity contribution is -0.134. The summed E-state index contributed by atoms with van der Waals surface area (Å²) in [6.45, 7) is 0. The minimum absolute atomic E-state index is 0.00346. The number of carbonyl (C=O) groups is 4. The molecule has 3 aromatic rings. The topological polar surface area (TPSA) is 151 Å². The van der Waals surface area contributed by atoms with Gasteiger partial charge in [0.1, 0.15) is 17.8 Å². The predicted molar refractivity (Wildman–Crippen MR) is 132 cm³/mol. The molecule has 4 amide bonds. The Hall–Kier alpha value is -4.76. The van der Waals surface area contributed by atoms with Crippen LogP contribution in [0.25, 0.3) is 0 Å². The summed E-state index contributed by atoms with van der Waals surface area (Å²) in [5.74, 6) is -1.43. The summed E-state index contributed by atoms with van der Waals surface area (Å²) < 4.78 is 9.78. The first-order valence-electron chi connectivity index (χ1n) is 11.0. The fourth-order valence-corrected chi connectivity index (χ4v) is 4.53. The second-order valence-electron chi connectivity index (χ2n) is 7.87. The molecule has 2 aromatic carbocycles. The van der Waals surface area contributed by atoms with E-state index in [1.54, 1.807) is 48.5 Å². The van der Waals surface area contributed by atoms with Crippen LogP contribution in [0.2, 0.25) is 0 Å². The number of methoxy groups -OCH3 is 2. The molecule has 11 nitrogen and oxygen atoms in total.